The summed E-state index contributed by atoms with van der Waals surface area (Å²) < 4.78 is 7.54. The van der Waals surface area contributed by atoms with Crippen LogP contribution in [0, 0.1) is 0 Å². The molecule has 0 N–H and O–H groups in total. The Kier molecular flexibility index (Phi) is 3.84. The first-order valence-corrected chi connectivity index (χ1v) is 7.28. The molecule has 0 aliphatic carbocycles. The number of fused-ring (bicyclic) bond motifs is 1. The van der Waals surface area contributed by atoms with E-state index >= 15 is 0 Å². The highest BCUT2D eigenvalue weighted by atomic mass is 35.5. The Morgan fingerprint density at radius 1 is 1.38 bits per heavy atom. The molecule has 21 heavy (non-hydrogen) atoms. The minimum atomic E-state index is -0.579. The van der Waals surface area contributed by atoms with Crippen molar-refractivity contribution < 1.29 is 9.53 Å². The number of hydrogen-bond acceptors (Lipinski definition) is 3. The number of halogens is 1. The van der Waals surface area contributed by atoms with E-state index < -0.39 is 6.10 Å². The van der Waals surface area contributed by atoms with Crippen molar-refractivity contribution in [1.82, 2.24) is 9.78 Å². The molecule has 1 atom stereocenters. The van der Waals surface area contributed by atoms with Crippen LogP contribution < -0.4 is 9.64 Å². The molecule has 5 nitrogen and oxygen atoms in total. The van der Waals surface area contributed by atoms with E-state index in [-0.39, 0.29) is 5.91 Å². The van der Waals surface area contributed by atoms with E-state index in [1.165, 1.54) is 0 Å². The normalized spacial score (nSPS) is 15.4. The van der Waals surface area contributed by atoms with Gasteiger partial charge >= 0.3 is 0 Å². The van der Waals surface area contributed by atoms with Gasteiger partial charge in [0.25, 0.3) is 5.91 Å². The van der Waals surface area contributed by atoms with Gasteiger partial charge in [0.05, 0.1) is 6.20 Å². The number of aryl methyl sites for hydroxylation is 1. The van der Waals surface area contributed by atoms with Gasteiger partial charge in [-0.3, -0.25) is 9.69 Å². The molecule has 0 saturated carbocycles. The number of aromatic nitrogens is 2. The van der Waals surface area contributed by atoms with Crippen molar-refractivity contribution in [3.63, 3.8) is 0 Å². The molecule has 110 valence electrons. The molecule has 2 heterocycles. The molecule has 2 aromatic rings. The van der Waals surface area contributed by atoms with Crippen LogP contribution in [-0.2, 0) is 11.3 Å². The van der Waals surface area contributed by atoms with Crippen molar-refractivity contribution in [2.75, 3.05) is 11.4 Å². The lowest BCUT2D eigenvalue weighted by Crippen LogP contribution is -2.44. The van der Waals surface area contributed by atoms with Gasteiger partial charge < -0.3 is 4.74 Å². The van der Waals surface area contributed by atoms with E-state index in [4.69, 9.17) is 16.3 Å². The third-order valence-corrected chi connectivity index (χ3v) is 3.68. The van der Waals surface area contributed by atoms with Crippen LogP contribution in [-0.4, -0.2) is 28.3 Å². The fourth-order valence-corrected chi connectivity index (χ4v) is 2.64. The zero-order valence-electron chi connectivity index (χ0n) is 11.7. The zero-order chi connectivity index (χ0) is 14.8. The van der Waals surface area contributed by atoms with E-state index in [1.807, 2.05) is 10.7 Å². The summed E-state index contributed by atoms with van der Waals surface area (Å²) >= 11 is 5.92. The molecule has 0 radical (unpaired) electrons. The second kappa shape index (κ2) is 5.77. The number of benzene rings is 1. The summed E-state index contributed by atoms with van der Waals surface area (Å²) in [5, 5.41) is 4.80. The molecule has 1 aromatic carbocycles. The van der Waals surface area contributed by atoms with Crippen molar-refractivity contribution in [2.45, 2.75) is 26.0 Å². The Labute approximate surface area is 128 Å². The summed E-state index contributed by atoms with van der Waals surface area (Å²) in [6.07, 6.45) is 2.03. The van der Waals surface area contributed by atoms with Crippen molar-refractivity contribution >= 4 is 23.3 Å². The molecule has 0 fully saturated rings. The number of hydrogen-bond donors (Lipinski definition) is 0. The average Bonchev–Trinajstić information content (AvgIpc) is 2.94. The summed E-state index contributed by atoms with van der Waals surface area (Å²) in [6, 6.07) is 8.90. The Hall–Kier alpha value is -2.01. The van der Waals surface area contributed by atoms with Gasteiger partial charge in [-0.15, -0.1) is 0 Å². The summed E-state index contributed by atoms with van der Waals surface area (Å²) in [4.78, 5) is 14.3. The first kappa shape index (κ1) is 13.9. The lowest BCUT2D eigenvalue weighted by atomic mass is 10.2. The van der Waals surface area contributed by atoms with Gasteiger partial charge in [0.2, 0.25) is 0 Å². The topological polar surface area (TPSA) is 47.4 Å². The van der Waals surface area contributed by atoms with E-state index in [0.29, 0.717) is 17.3 Å². The molecule has 1 amide bonds. The SMILES string of the molecule is CC(Oc1cccc(Cl)c1)C(=O)N1CCCn2nccc21. The number of carbonyl (C=O) groups is 1. The van der Waals surface area contributed by atoms with E-state index in [2.05, 4.69) is 5.10 Å². The predicted octanol–water partition coefficient (Wildman–Crippen LogP) is 2.74. The van der Waals surface area contributed by atoms with Crippen molar-refractivity contribution in [1.29, 1.82) is 0 Å². The fourth-order valence-electron chi connectivity index (χ4n) is 2.46. The first-order chi connectivity index (χ1) is 10.1. The van der Waals surface area contributed by atoms with Gasteiger partial charge in [0.1, 0.15) is 11.6 Å². The number of amides is 1. The van der Waals surface area contributed by atoms with Crippen LogP contribution in [0.1, 0.15) is 13.3 Å². The standard InChI is InChI=1S/C15H16ClN3O2/c1-11(21-13-5-2-4-12(16)10-13)15(20)18-8-3-9-19-14(18)6-7-17-19/h2,4-7,10-11H,3,8-9H2,1H3. The number of carbonyl (C=O) groups excluding carboxylic acids is 1. The van der Waals surface area contributed by atoms with Crippen LogP contribution in [0.4, 0.5) is 5.82 Å². The maximum absolute atomic E-state index is 12.6. The van der Waals surface area contributed by atoms with Gasteiger partial charge in [-0.05, 0) is 31.5 Å². The second-order valence-electron chi connectivity index (χ2n) is 4.97. The lowest BCUT2D eigenvalue weighted by molar-refractivity contribution is -0.124. The summed E-state index contributed by atoms with van der Waals surface area (Å²) in [6.45, 7) is 3.28. The molecule has 6 heteroatoms. The number of rotatable bonds is 3. The van der Waals surface area contributed by atoms with E-state index in [9.17, 15) is 4.79 Å². The van der Waals surface area contributed by atoms with Crippen LogP contribution in [0.3, 0.4) is 0 Å². The Morgan fingerprint density at radius 2 is 2.24 bits per heavy atom. The van der Waals surface area contributed by atoms with Crippen LogP contribution in [0.25, 0.3) is 0 Å². The van der Waals surface area contributed by atoms with Crippen LogP contribution in [0.2, 0.25) is 5.02 Å². The molecule has 1 aliphatic heterocycles. The van der Waals surface area contributed by atoms with E-state index in [1.54, 1.807) is 42.3 Å². The molecule has 0 bridgehead atoms. The van der Waals surface area contributed by atoms with Crippen LogP contribution in [0.5, 0.6) is 5.75 Å². The summed E-state index contributed by atoms with van der Waals surface area (Å²) in [5.41, 5.74) is 0. The van der Waals surface area contributed by atoms with Gasteiger partial charge in [-0.2, -0.15) is 5.10 Å². The molecule has 3 rings (SSSR count). The zero-order valence-corrected chi connectivity index (χ0v) is 12.5. The molecule has 1 aliphatic rings. The minimum absolute atomic E-state index is 0.0728. The first-order valence-electron chi connectivity index (χ1n) is 6.90. The lowest BCUT2D eigenvalue weighted by Gasteiger charge is -2.29. The third kappa shape index (κ3) is 2.88. The van der Waals surface area contributed by atoms with Gasteiger partial charge in [-0.1, -0.05) is 17.7 Å². The molecule has 1 aromatic heterocycles. The minimum Gasteiger partial charge on any atom is -0.481 e. The smallest absolute Gasteiger partial charge is 0.268 e. The molecule has 0 saturated heterocycles. The maximum Gasteiger partial charge on any atom is 0.268 e. The second-order valence-corrected chi connectivity index (χ2v) is 5.41. The Bertz CT molecular complexity index is 656. The third-order valence-electron chi connectivity index (χ3n) is 3.45. The number of nitrogens with zero attached hydrogens (tertiary/aromatic N) is 3. The summed E-state index contributed by atoms with van der Waals surface area (Å²) in [7, 11) is 0. The van der Waals surface area contributed by atoms with Crippen molar-refractivity contribution in [2.24, 2.45) is 0 Å². The monoisotopic (exact) mass is 305 g/mol. The fraction of sp³-hybridized carbons (Fsp3) is 0.333. The molecule has 1 unspecified atom stereocenters. The number of anilines is 1. The maximum atomic E-state index is 12.6. The average molecular weight is 306 g/mol. The van der Waals surface area contributed by atoms with Crippen LogP contribution in [0.15, 0.2) is 36.5 Å². The molecular weight excluding hydrogens is 290 g/mol. The highest BCUT2D eigenvalue weighted by Crippen LogP contribution is 2.23. The van der Waals surface area contributed by atoms with Gasteiger partial charge in [0.15, 0.2) is 6.10 Å². The predicted molar refractivity (Wildman–Crippen MR) is 80.7 cm³/mol. The largest absolute Gasteiger partial charge is 0.481 e. The van der Waals surface area contributed by atoms with Gasteiger partial charge in [-0.25, -0.2) is 4.68 Å². The van der Waals surface area contributed by atoms with E-state index in [0.717, 1.165) is 18.8 Å². The Balaban J connectivity index is 1.74. The quantitative estimate of drug-likeness (QED) is 0.876. The van der Waals surface area contributed by atoms with Crippen LogP contribution >= 0.6 is 11.6 Å². The molecule has 0 spiro atoms. The van der Waals surface area contributed by atoms with Gasteiger partial charge in [0, 0.05) is 24.2 Å². The highest BCUT2D eigenvalue weighted by molar-refractivity contribution is 6.30. The molecular formula is C15H16ClN3O2. The highest BCUT2D eigenvalue weighted by Gasteiger charge is 2.27. The van der Waals surface area contributed by atoms with Crippen molar-refractivity contribution in [3.05, 3.63) is 41.6 Å². The Morgan fingerprint density at radius 3 is 3.05 bits per heavy atom. The summed E-state index contributed by atoms with van der Waals surface area (Å²) in [5.74, 6) is 1.35. The number of ether oxygens (including phenoxy) is 1. The van der Waals surface area contributed by atoms with Crippen molar-refractivity contribution in [3.8, 4) is 5.75 Å².